The molecule has 2 aromatic rings. The number of amides is 2. The third-order valence-electron chi connectivity index (χ3n) is 3.33. The van der Waals surface area contributed by atoms with Gasteiger partial charge in [-0.05, 0) is 42.5 Å². The summed E-state index contributed by atoms with van der Waals surface area (Å²) in [5.74, 6) is -0.615. The van der Waals surface area contributed by atoms with Crippen LogP contribution in [0.1, 0.15) is 13.3 Å². The van der Waals surface area contributed by atoms with Gasteiger partial charge in [0, 0.05) is 36.3 Å². The largest absolute Gasteiger partial charge is 0.356 e. The van der Waals surface area contributed by atoms with E-state index in [0.29, 0.717) is 10.7 Å². The van der Waals surface area contributed by atoms with Gasteiger partial charge in [0.15, 0.2) is 0 Å². The molecule has 3 N–H and O–H groups in total. The predicted molar refractivity (Wildman–Crippen MR) is 106 cm³/mol. The Hall–Kier alpha value is -2.29. The number of anilines is 2. The van der Waals surface area contributed by atoms with Crippen molar-refractivity contribution >= 4 is 56.4 Å². The number of hydrogen-bond donors (Lipinski definition) is 3. The first-order valence-electron chi connectivity index (χ1n) is 7.79. The SMILES string of the molecule is CC(=O)NCCC(=O)Nc1ccc(Cl)c(S(=O)(=O)Nc2ccc(Cl)cc2)c1. The standard InChI is InChI=1S/C17H17Cl2N3O4S/c1-11(23)20-9-8-17(24)21-14-6-7-15(19)16(10-14)27(25,26)22-13-4-2-12(18)3-5-13/h2-7,10,22H,8-9H2,1H3,(H,20,23)(H,21,24). The second kappa shape index (κ2) is 9.07. The lowest BCUT2D eigenvalue weighted by Crippen LogP contribution is -2.25. The van der Waals surface area contributed by atoms with Crippen LogP contribution in [0, 0.1) is 0 Å². The van der Waals surface area contributed by atoms with Crippen molar-refractivity contribution in [3.05, 3.63) is 52.5 Å². The maximum Gasteiger partial charge on any atom is 0.263 e. The quantitative estimate of drug-likeness (QED) is 0.627. The molecule has 144 valence electrons. The van der Waals surface area contributed by atoms with Crippen molar-refractivity contribution in [2.24, 2.45) is 0 Å². The normalized spacial score (nSPS) is 10.9. The average molecular weight is 430 g/mol. The van der Waals surface area contributed by atoms with Crippen molar-refractivity contribution in [3.8, 4) is 0 Å². The molecule has 7 nitrogen and oxygen atoms in total. The zero-order valence-corrected chi connectivity index (χ0v) is 16.6. The van der Waals surface area contributed by atoms with Gasteiger partial charge in [0.2, 0.25) is 11.8 Å². The minimum absolute atomic E-state index is 0.00714. The van der Waals surface area contributed by atoms with E-state index < -0.39 is 10.0 Å². The van der Waals surface area contributed by atoms with Crippen LogP contribution in [0.15, 0.2) is 47.4 Å². The lowest BCUT2D eigenvalue weighted by Gasteiger charge is -2.12. The molecule has 0 fully saturated rings. The topological polar surface area (TPSA) is 104 Å². The molecule has 0 unspecified atom stereocenters. The highest BCUT2D eigenvalue weighted by molar-refractivity contribution is 7.92. The number of nitrogens with one attached hydrogen (secondary N) is 3. The van der Waals surface area contributed by atoms with Crippen LogP contribution in [0.25, 0.3) is 0 Å². The summed E-state index contributed by atoms with van der Waals surface area (Å²) in [4.78, 5) is 22.5. The highest BCUT2D eigenvalue weighted by atomic mass is 35.5. The lowest BCUT2D eigenvalue weighted by molar-refractivity contribution is -0.119. The van der Waals surface area contributed by atoms with Crippen molar-refractivity contribution in [2.75, 3.05) is 16.6 Å². The molecule has 27 heavy (non-hydrogen) atoms. The molecule has 0 aliphatic carbocycles. The molecular formula is C17H17Cl2N3O4S. The van der Waals surface area contributed by atoms with Crippen molar-refractivity contribution in [1.82, 2.24) is 5.32 Å². The summed E-state index contributed by atoms with van der Waals surface area (Å²) in [6.07, 6.45) is 0.0489. The smallest absolute Gasteiger partial charge is 0.263 e. The molecule has 0 aliphatic rings. The van der Waals surface area contributed by atoms with Gasteiger partial charge in [-0.1, -0.05) is 23.2 Å². The van der Waals surface area contributed by atoms with Crippen LogP contribution in [0.3, 0.4) is 0 Å². The van der Waals surface area contributed by atoms with Crippen molar-refractivity contribution in [3.63, 3.8) is 0 Å². The average Bonchev–Trinajstić information content (AvgIpc) is 2.58. The third-order valence-corrected chi connectivity index (χ3v) is 5.44. The summed E-state index contributed by atoms with van der Waals surface area (Å²) >= 11 is 11.8. The summed E-state index contributed by atoms with van der Waals surface area (Å²) in [7, 11) is -3.98. The van der Waals surface area contributed by atoms with Crippen LogP contribution in [0.2, 0.25) is 10.0 Å². The number of rotatable bonds is 7. The molecule has 0 aliphatic heterocycles. The van der Waals surface area contributed by atoms with E-state index in [-0.39, 0.29) is 40.4 Å². The molecule has 0 spiro atoms. The van der Waals surface area contributed by atoms with Crippen molar-refractivity contribution < 1.29 is 18.0 Å². The second-order valence-electron chi connectivity index (χ2n) is 5.54. The molecule has 2 aromatic carbocycles. The highest BCUT2D eigenvalue weighted by Gasteiger charge is 2.19. The van der Waals surface area contributed by atoms with Gasteiger partial charge in [0.05, 0.1) is 5.02 Å². The second-order valence-corrected chi connectivity index (χ2v) is 8.03. The van der Waals surface area contributed by atoms with E-state index in [1.165, 1.54) is 37.3 Å². The first kappa shape index (κ1) is 21.0. The Balaban J connectivity index is 2.14. The van der Waals surface area contributed by atoms with E-state index >= 15 is 0 Å². The summed E-state index contributed by atoms with van der Waals surface area (Å²) in [5, 5.41) is 5.55. The number of benzene rings is 2. The van der Waals surface area contributed by atoms with E-state index in [4.69, 9.17) is 23.2 Å². The van der Waals surface area contributed by atoms with Gasteiger partial charge in [0.1, 0.15) is 4.90 Å². The van der Waals surface area contributed by atoms with Gasteiger partial charge in [-0.2, -0.15) is 0 Å². The van der Waals surface area contributed by atoms with Gasteiger partial charge in [-0.25, -0.2) is 8.42 Å². The minimum Gasteiger partial charge on any atom is -0.356 e. The van der Waals surface area contributed by atoms with Crippen LogP contribution in [0.5, 0.6) is 0 Å². The van der Waals surface area contributed by atoms with Gasteiger partial charge >= 0.3 is 0 Å². The molecule has 0 radical (unpaired) electrons. The molecule has 0 bridgehead atoms. The number of hydrogen-bond acceptors (Lipinski definition) is 4. The first-order chi connectivity index (χ1) is 12.7. The Bertz CT molecular complexity index is 947. The van der Waals surface area contributed by atoms with E-state index in [0.717, 1.165) is 0 Å². The zero-order valence-electron chi connectivity index (χ0n) is 14.3. The van der Waals surface area contributed by atoms with Crippen molar-refractivity contribution in [1.29, 1.82) is 0 Å². The number of carbonyl (C=O) groups is 2. The molecule has 0 heterocycles. The monoisotopic (exact) mass is 429 g/mol. The molecule has 2 amide bonds. The van der Waals surface area contributed by atoms with E-state index in [2.05, 4.69) is 15.4 Å². The summed E-state index contributed by atoms with van der Waals surface area (Å²) in [6, 6.07) is 10.3. The maximum atomic E-state index is 12.6. The van der Waals surface area contributed by atoms with E-state index in [1.807, 2.05) is 0 Å². The Labute approximate surface area is 167 Å². The number of carbonyl (C=O) groups excluding carboxylic acids is 2. The fourth-order valence-electron chi connectivity index (χ4n) is 2.09. The Morgan fingerprint density at radius 1 is 1.00 bits per heavy atom. The summed E-state index contributed by atoms with van der Waals surface area (Å²) in [5.41, 5.74) is 0.587. The fraction of sp³-hybridized carbons (Fsp3) is 0.176. The Kier molecular flexibility index (Phi) is 7.06. The van der Waals surface area contributed by atoms with Crippen LogP contribution >= 0.6 is 23.2 Å². The van der Waals surface area contributed by atoms with Gasteiger partial charge in [0.25, 0.3) is 10.0 Å². The molecule has 0 atom stereocenters. The van der Waals surface area contributed by atoms with Crippen LogP contribution in [0.4, 0.5) is 11.4 Å². The lowest BCUT2D eigenvalue weighted by atomic mass is 10.3. The predicted octanol–water partition coefficient (Wildman–Crippen LogP) is 3.26. The summed E-state index contributed by atoms with van der Waals surface area (Å²) in [6.45, 7) is 1.53. The molecule has 0 saturated carbocycles. The fourth-order valence-corrected chi connectivity index (χ4v) is 3.80. The third kappa shape index (κ3) is 6.42. The van der Waals surface area contributed by atoms with Crippen molar-refractivity contribution in [2.45, 2.75) is 18.2 Å². The van der Waals surface area contributed by atoms with E-state index in [1.54, 1.807) is 12.1 Å². The Morgan fingerprint density at radius 2 is 1.63 bits per heavy atom. The summed E-state index contributed by atoms with van der Waals surface area (Å²) < 4.78 is 27.6. The van der Waals surface area contributed by atoms with Crippen LogP contribution in [-0.2, 0) is 19.6 Å². The van der Waals surface area contributed by atoms with E-state index in [9.17, 15) is 18.0 Å². The molecule has 2 rings (SSSR count). The maximum absolute atomic E-state index is 12.6. The number of halogens is 2. The first-order valence-corrected chi connectivity index (χ1v) is 10.0. The van der Waals surface area contributed by atoms with Gasteiger partial charge in [-0.15, -0.1) is 0 Å². The number of sulfonamides is 1. The minimum atomic E-state index is -3.98. The molecule has 0 saturated heterocycles. The van der Waals surface area contributed by atoms with Gasteiger partial charge in [-0.3, -0.25) is 14.3 Å². The van der Waals surface area contributed by atoms with Crippen LogP contribution in [-0.4, -0.2) is 26.8 Å². The molecular weight excluding hydrogens is 413 g/mol. The van der Waals surface area contributed by atoms with Crippen LogP contribution < -0.4 is 15.4 Å². The zero-order chi connectivity index (χ0) is 20.0. The van der Waals surface area contributed by atoms with Gasteiger partial charge < -0.3 is 10.6 Å². The highest BCUT2D eigenvalue weighted by Crippen LogP contribution is 2.27. The molecule has 0 aromatic heterocycles. The molecule has 10 heteroatoms. The Morgan fingerprint density at radius 3 is 2.26 bits per heavy atom.